The van der Waals surface area contributed by atoms with Gasteiger partial charge in [0.1, 0.15) is 5.50 Å². The molecule has 6 heteroatoms. The fourth-order valence-corrected chi connectivity index (χ4v) is 2.08. The Balaban J connectivity index is 2.40. The average Bonchev–Trinajstić information content (AvgIpc) is 2.51. The van der Waals surface area contributed by atoms with Crippen LogP contribution in [0, 0.1) is 0 Å². The molecule has 0 N–H and O–H groups in total. The Hall–Kier alpha value is -1.23. The molecule has 0 spiro atoms. The van der Waals surface area contributed by atoms with Crippen LogP contribution < -0.4 is 4.90 Å². The van der Waals surface area contributed by atoms with Gasteiger partial charge in [-0.2, -0.15) is 13.2 Å². The van der Waals surface area contributed by atoms with Crippen molar-refractivity contribution in [1.82, 2.24) is 0 Å². The predicted molar refractivity (Wildman–Crippen MR) is 53.3 cm³/mol. The number of fused-ring (bicyclic) bond motifs is 1. The van der Waals surface area contributed by atoms with Gasteiger partial charge in [0.2, 0.25) is 0 Å². The number of alkyl halides is 4. The minimum Gasteiger partial charge on any atom is -0.287 e. The number of benzene rings is 1. The van der Waals surface area contributed by atoms with Crippen molar-refractivity contribution in [3.05, 3.63) is 29.8 Å². The Morgan fingerprint density at radius 1 is 1.38 bits per heavy atom. The Labute approximate surface area is 94.6 Å². The predicted octanol–water partition coefficient (Wildman–Crippen LogP) is 2.70. The maximum atomic E-state index is 12.3. The lowest BCUT2D eigenvalue weighted by atomic mass is 10.2. The Kier molecular flexibility index (Phi) is 2.58. The summed E-state index contributed by atoms with van der Waals surface area (Å²) in [5, 5.41) is 0. The number of anilines is 1. The maximum Gasteiger partial charge on any atom is 0.471 e. The van der Waals surface area contributed by atoms with Crippen LogP contribution in [0.4, 0.5) is 18.9 Å². The van der Waals surface area contributed by atoms with Crippen LogP contribution in [0.25, 0.3) is 0 Å². The Bertz CT molecular complexity index is 432. The van der Waals surface area contributed by atoms with E-state index in [-0.39, 0.29) is 12.1 Å². The molecule has 0 saturated heterocycles. The van der Waals surface area contributed by atoms with Gasteiger partial charge in [-0.3, -0.25) is 9.69 Å². The van der Waals surface area contributed by atoms with E-state index in [9.17, 15) is 18.0 Å². The van der Waals surface area contributed by atoms with Gasteiger partial charge in [0.05, 0.1) is 0 Å². The summed E-state index contributed by atoms with van der Waals surface area (Å²) in [5.41, 5.74) is -0.0727. The molecule has 0 saturated carbocycles. The number of nitrogens with zero attached hydrogens (tertiary/aromatic N) is 1. The minimum absolute atomic E-state index is 0.236. The van der Waals surface area contributed by atoms with Gasteiger partial charge in [-0.1, -0.05) is 29.8 Å². The minimum atomic E-state index is -4.90. The number of halogens is 4. The molecule has 2 nitrogen and oxygen atoms in total. The third-order valence-electron chi connectivity index (χ3n) is 2.38. The highest BCUT2D eigenvalue weighted by atomic mass is 35.5. The highest BCUT2D eigenvalue weighted by molar-refractivity contribution is 6.25. The first-order chi connectivity index (χ1) is 7.41. The van der Waals surface area contributed by atoms with Crippen LogP contribution in [0.15, 0.2) is 24.3 Å². The van der Waals surface area contributed by atoms with Gasteiger partial charge in [0.15, 0.2) is 0 Å². The van der Waals surface area contributed by atoms with Gasteiger partial charge < -0.3 is 0 Å². The van der Waals surface area contributed by atoms with E-state index in [1.54, 1.807) is 18.2 Å². The van der Waals surface area contributed by atoms with Crippen LogP contribution in [0.5, 0.6) is 0 Å². The van der Waals surface area contributed by atoms with Crippen LogP contribution in [0.1, 0.15) is 5.56 Å². The number of carbonyl (C=O) groups excluding carboxylic acids is 1. The third-order valence-corrected chi connectivity index (χ3v) is 2.73. The number of carbonyl (C=O) groups is 1. The molecule has 1 heterocycles. The van der Waals surface area contributed by atoms with E-state index in [1.807, 2.05) is 0 Å². The van der Waals surface area contributed by atoms with E-state index in [4.69, 9.17) is 11.6 Å². The van der Waals surface area contributed by atoms with Crippen molar-refractivity contribution >= 4 is 23.2 Å². The molecule has 1 aromatic rings. The zero-order valence-electron chi connectivity index (χ0n) is 7.96. The summed E-state index contributed by atoms with van der Waals surface area (Å²) < 4.78 is 37.0. The van der Waals surface area contributed by atoms with Crippen molar-refractivity contribution in [2.45, 2.75) is 18.1 Å². The van der Waals surface area contributed by atoms with Crippen molar-refractivity contribution in [2.24, 2.45) is 0 Å². The van der Waals surface area contributed by atoms with Crippen molar-refractivity contribution in [2.75, 3.05) is 4.90 Å². The fraction of sp³-hybridized carbons (Fsp3) is 0.300. The summed E-state index contributed by atoms with van der Waals surface area (Å²) in [6.45, 7) is 0. The first-order valence-electron chi connectivity index (χ1n) is 4.53. The largest absolute Gasteiger partial charge is 0.471 e. The molecule has 1 atom stereocenters. The van der Waals surface area contributed by atoms with Gasteiger partial charge in [-0.05, 0) is 11.6 Å². The number of amides is 1. The smallest absolute Gasteiger partial charge is 0.287 e. The van der Waals surface area contributed by atoms with Gasteiger partial charge in [-0.25, -0.2) is 0 Å². The van der Waals surface area contributed by atoms with E-state index in [1.165, 1.54) is 6.07 Å². The number of hydrogen-bond acceptors (Lipinski definition) is 1. The van der Waals surface area contributed by atoms with Crippen molar-refractivity contribution in [3.8, 4) is 0 Å². The lowest BCUT2D eigenvalue weighted by Crippen LogP contribution is -2.43. The highest BCUT2D eigenvalue weighted by Gasteiger charge is 2.47. The second kappa shape index (κ2) is 3.66. The maximum absolute atomic E-state index is 12.3. The standard InChI is InChI=1S/C10H7ClF3NO/c11-8-5-6-3-1-2-4-7(6)15(8)9(16)10(12,13)14/h1-4,8H,5H2. The van der Waals surface area contributed by atoms with Gasteiger partial charge in [0.25, 0.3) is 0 Å². The van der Waals surface area contributed by atoms with Crippen LogP contribution in [-0.4, -0.2) is 17.6 Å². The SMILES string of the molecule is O=C(N1c2ccccc2CC1Cl)C(F)(F)F. The molecule has 0 fully saturated rings. The number of rotatable bonds is 0. The zero-order valence-corrected chi connectivity index (χ0v) is 8.72. The summed E-state index contributed by atoms with van der Waals surface area (Å²) in [5.74, 6) is -1.92. The van der Waals surface area contributed by atoms with E-state index in [2.05, 4.69) is 0 Å². The fourth-order valence-electron chi connectivity index (χ4n) is 1.72. The second-order valence-electron chi connectivity index (χ2n) is 3.44. The molecule has 1 aromatic carbocycles. The monoisotopic (exact) mass is 249 g/mol. The Morgan fingerprint density at radius 2 is 2.00 bits per heavy atom. The summed E-state index contributed by atoms with van der Waals surface area (Å²) in [7, 11) is 0. The number of hydrogen-bond donors (Lipinski definition) is 0. The summed E-state index contributed by atoms with van der Waals surface area (Å²) >= 11 is 5.75. The van der Waals surface area contributed by atoms with E-state index >= 15 is 0 Å². The topological polar surface area (TPSA) is 20.3 Å². The summed E-state index contributed by atoms with van der Waals surface area (Å²) in [6.07, 6.45) is -4.66. The molecule has 1 aliphatic heterocycles. The first kappa shape index (κ1) is 11.3. The van der Waals surface area contributed by atoms with Crippen molar-refractivity contribution in [1.29, 1.82) is 0 Å². The normalized spacial score (nSPS) is 19.8. The molecular weight excluding hydrogens is 243 g/mol. The second-order valence-corrected chi connectivity index (χ2v) is 3.94. The molecule has 2 rings (SSSR count). The molecule has 86 valence electrons. The van der Waals surface area contributed by atoms with Crippen molar-refractivity contribution in [3.63, 3.8) is 0 Å². The third kappa shape index (κ3) is 1.75. The molecular formula is C10H7ClF3NO. The quantitative estimate of drug-likeness (QED) is 0.511. The molecule has 0 bridgehead atoms. The van der Waals surface area contributed by atoms with E-state index < -0.39 is 17.6 Å². The first-order valence-corrected chi connectivity index (χ1v) is 4.97. The molecule has 1 unspecified atom stereocenters. The lowest BCUT2D eigenvalue weighted by molar-refractivity contribution is -0.170. The van der Waals surface area contributed by atoms with Crippen molar-refractivity contribution < 1.29 is 18.0 Å². The van der Waals surface area contributed by atoms with E-state index in [0.717, 1.165) is 0 Å². The van der Waals surface area contributed by atoms with E-state index in [0.29, 0.717) is 10.5 Å². The van der Waals surface area contributed by atoms with Gasteiger partial charge in [-0.15, -0.1) is 0 Å². The van der Waals surface area contributed by atoms with Gasteiger partial charge in [0, 0.05) is 12.1 Å². The Morgan fingerprint density at radius 3 is 2.62 bits per heavy atom. The molecule has 1 amide bonds. The highest BCUT2D eigenvalue weighted by Crippen LogP contribution is 2.36. The zero-order chi connectivity index (χ0) is 11.9. The number of para-hydroxylation sites is 1. The summed E-state index contributed by atoms with van der Waals surface area (Å²) in [6, 6.07) is 6.39. The molecule has 0 aliphatic carbocycles. The van der Waals surface area contributed by atoms with Gasteiger partial charge >= 0.3 is 12.1 Å². The molecule has 16 heavy (non-hydrogen) atoms. The van der Waals surface area contributed by atoms with Crippen LogP contribution in [0.3, 0.4) is 0 Å². The molecule has 1 aliphatic rings. The summed E-state index contributed by atoms with van der Waals surface area (Å²) in [4.78, 5) is 11.8. The van der Waals surface area contributed by atoms with Crippen LogP contribution in [0.2, 0.25) is 0 Å². The molecule has 0 radical (unpaired) electrons. The van der Waals surface area contributed by atoms with Crippen LogP contribution >= 0.6 is 11.6 Å². The average molecular weight is 250 g/mol. The molecule has 0 aromatic heterocycles. The lowest BCUT2D eigenvalue weighted by Gasteiger charge is -2.22. The van der Waals surface area contributed by atoms with Crippen LogP contribution in [-0.2, 0) is 11.2 Å².